The fraction of sp³-hybridized carbons (Fsp3) is 0.769. The molecular weight excluding hydrogens is 300 g/mol. The molecule has 17 heavy (non-hydrogen) atoms. The average molecular weight is 322 g/mol. The highest BCUT2D eigenvalue weighted by Gasteiger charge is 2.19. The molecule has 0 fully saturated rings. The van der Waals surface area contributed by atoms with Crippen molar-refractivity contribution in [2.75, 3.05) is 0 Å². The second-order valence-electron chi connectivity index (χ2n) is 4.48. The number of alkyl halides is 1. The minimum atomic E-state index is 0.545. The number of rotatable bonds is 6. The van der Waals surface area contributed by atoms with Crippen LogP contribution in [0.25, 0.3) is 0 Å². The summed E-state index contributed by atoms with van der Waals surface area (Å²) in [7, 11) is 0. The molecule has 0 spiro atoms. The molecule has 0 N–H and O–H groups in total. The summed E-state index contributed by atoms with van der Waals surface area (Å²) in [6.45, 7) is 9.56. The molecule has 2 atom stereocenters. The van der Waals surface area contributed by atoms with Gasteiger partial charge in [0.1, 0.15) is 0 Å². The van der Waals surface area contributed by atoms with E-state index in [0.29, 0.717) is 10.7 Å². The molecule has 0 aliphatic rings. The minimum Gasteiger partial charge on any atom is -0.268 e. The van der Waals surface area contributed by atoms with Crippen LogP contribution in [0.2, 0.25) is 5.02 Å². The van der Waals surface area contributed by atoms with Gasteiger partial charge in [0.05, 0.1) is 16.4 Å². The topological polar surface area (TPSA) is 17.8 Å². The van der Waals surface area contributed by atoms with Crippen molar-refractivity contribution >= 4 is 27.5 Å². The predicted octanol–water partition coefficient (Wildman–Crippen LogP) is 4.47. The van der Waals surface area contributed by atoms with Crippen molar-refractivity contribution in [3.63, 3.8) is 0 Å². The number of nitrogens with zero attached hydrogens (tertiary/aromatic N) is 2. The molecule has 1 heterocycles. The molecule has 0 bridgehead atoms. The lowest BCUT2D eigenvalue weighted by Gasteiger charge is -2.17. The molecule has 0 saturated heterocycles. The van der Waals surface area contributed by atoms with Crippen molar-refractivity contribution < 1.29 is 0 Å². The van der Waals surface area contributed by atoms with E-state index in [0.717, 1.165) is 36.5 Å². The van der Waals surface area contributed by atoms with Gasteiger partial charge in [-0.25, -0.2) is 0 Å². The van der Waals surface area contributed by atoms with E-state index in [4.69, 9.17) is 11.6 Å². The summed E-state index contributed by atoms with van der Waals surface area (Å²) in [6, 6.07) is 0. The molecule has 0 saturated carbocycles. The fourth-order valence-corrected chi connectivity index (χ4v) is 2.58. The lowest BCUT2D eigenvalue weighted by Crippen LogP contribution is -2.15. The van der Waals surface area contributed by atoms with E-state index in [1.807, 2.05) is 4.68 Å². The van der Waals surface area contributed by atoms with Crippen LogP contribution < -0.4 is 0 Å². The molecule has 0 aliphatic heterocycles. The largest absolute Gasteiger partial charge is 0.268 e. The minimum absolute atomic E-state index is 0.545. The van der Waals surface area contributed by atoms with Gasteiger partial charge < -0.3 is 0 Å². The van der Waals surface area contributed by atoms with Gasteiger partial charge in [-0.1, -0.05) is 48.3 Å². The smallest absolute Gasteiger partial charge is 0.0849 e. The van der Waals surface area contributed by atoms with E-state index >= 15 is 0 Å². The lowest BCUT2D eigenvalue weighted by atomic mass is 10.00. The Balaban J connectivity index is 2.92. The molecular formula is C13H22BrClN2. The van der Waals surface area contributed by atoms with Gasteiger partial charge in [0.25, 0.3) is 0 Å². The van der Waals surface area contributed by atoms with Crippen molar-refractivity contribution in [1.82, 2.24) is 9.78 Å². The van der Waals surface area contributed by atoms with Crippen molar-refractivity contribution in [1.29, 1.82) is 0 Å². The highest BCUT2D eigenvalue weighted by molar-refractivity contribution is 9.09. The zero-order valence-electron chi connectivity index (χ0n) is 11.1. The van der Waals surface area contributed by atoms with Gasteiger partial charge in [-0.05, 0) is 32.1 Å². The van der Waals surface area contributed by atoms with Gasteiger partial charge >= 0.3 is 0 Å². The summed E-state index contributed by atoms with van der Waals surface area (Å²) < 4.78 is 2.05. The first-order chi connectivity index (χ1) is 8.04. The summed E-state index contributed by atoms with van der Waals surface area (Å²) >= 11 is 10.1. The van der Waals surface area contributed by atoms with Crippen molar-refractivity contribution in [2.24, 2.45) is 5.92 Å². The molecule has 0 amide bonds. The Kier molecular flexibility index (Phi) is 6.01. The zero-order valence-corrected chi connectivity index (χ0v) is 13.5. The van der Waals surface area contributed by atoms with Crippen LogP contribution in [0, 0.1) is 5.92 Å². The number of halogens is 2. The Morgan fingerprint density at radius 1 is 1.35 bits per heavy atom. The SMILES string of the molecule is CCc1nn(CC)c(CC(C)C(Br)CC)c1Cl. The van der Waals surface area contributed by atoms with Gasteiger partial charge in [0, 0.05) is 11.4 Å². The van der Waals surface area contributed by atoms with E-state index in [1.54, 1.807) is 0 Å². The van der Waals surface area contributed by atoms with Gasteiger partial charge in [-0.3, -0.25) is 4.68 Å². The standard InChI is InChI=1S/C13H22BrClN2/c1-5-10(14)9(4)8-12-13(15)11(6-2)16-17(12)7-3/h9-10H,5-8H2,1-4H3. The third-order valence-corrected chi connectivity index (χ3v) is 5.20. The average Bonchev–Trinajstić information content (AvgIpc) is 2.65. The molecule has 98 valence electrons. The van der Waals surface area contributed by atoms with Crippen molar-refractivity contribution in [2.45, 2.75) is 58.3 Å². The molecule has 1 aromatic heterocycles. The number of hydrogen-bond acceptors (Lipinski definition) is 1. The van der Waals surface area contributed by atoms with E-state index in [-0.39, 0.29) is 0 Å². The van der Waals surface area contributed by atoms with E-state index in [2.05, 4.69) is 48.7 Å². The van der Waals surface area contributed by atoms with Crippen LogP contribution in [-0.4, -0.2) is 14.6 Å². The Labute approximate surface area is 118 Å². The second kappa shape index (κ2) is 6.79. The van der Waals surface area contributed by atoms with Crippen LogP contribution in [0.3, 0.4) is 0 Å². The lowest BCUT2D eigenvalue weighted by molar-refractivity contribution is 0.509. The van der Waals surface area contributed by atoms with E-state index in [9.17, 15) is 0 Å². The summed E-state index contributed by atoms with van der Waals surface area (Å²) in [4.78, 5) is 0.545. The van der Waals surface area contributed by atoms with Gasteiger partial charge in [-0.2, -0.15) is 5.10 Å². The normalized spacial score (nSPS) is 14.9. The highest BCUT2D eigenvalue weighted by atomic mass is 79.9. The van der Waals surface area contributed by atoms with Gasteiger partial charge in [-0.15, -0.1) is 0 Å². The molecule has 0 radical (unpaired) electrons. The molecule has 0 aromatic carbocycles. The monoisotopic (exact) mass is 320 g/mol. The third kappa shape index (κ3) is 3.47. The summed E-state index contributed by atoms with van der Waals surface area (Å²) in [5.41, 5.74) is 2.22. The van der Waals surface area contributed by atoms with E-state index < -0.39 is 0 Å². The zero-order chi connectivity index (χ0) is 13.0. The van der Waals surface area contributed by atoms with Crippen LogP contribution in [0.5, 0.6) is 0 Å². The Morgan fingerprint density at radius 3 is 2.47 bits per heavy atom. The maximum Gasteiger partial charge on any atom is 0.0849 e. The van der Waals surface area contributed by atoms with Gasteiger partial charge in [0.15, 0.2) is 0 Å². The van der Waals surface area contributed by atoms with Crippen LogP contribution >= 0.6 is 27.5 Å². The Morgan fingerprint density at radius 2 is 2.00 bits per heavy atom. The van der Waals surface area contributed by atoms with Crippen LogP contribution in [0.15, 0.2) is 0 Å². The quantitative estimate of drug-likeness (QED) is 0.707. The molecule has 2 unspecified atom stereocenters. The first kappa shape index (κ1) is 15.0. The number of hydrogen-bond donors (Lipinski definition) is 0. The molecule has 0 aliphatic carbocycles. The van der Waals surface area contributed by atoms with Crippen molar-refractivity contribution in [3.8, 4) is 0 Å². The number of aromatic nitrogens is 2. The molecule has 2 nitrogen and oxygen atoms in total. The molecule has 1 rings (SSSR count). The predicted molar refractivity (Wildman–Crippen MR) is 78.2 cm³/mol. The Hall–Kier alpha value is -0.0200. The molecule has 4 heteroatoms. The first-order valence-corrected chi connectivity index (χ1v) is 7.72. The third-order valence-electron chi connectivity index (χ3n) is 3.22. The number of aryl methyl sites for hydroxylation is 2. The maximum atomic E-state index is 6.40. The summed E-state index contributed by atoms with van der Waals surface area (Å²) in [5, 5.41) is 5.43. The molecule has 1 aromatic rings. The fourth-order valence-electron chi connectivity index (χ4n) is 2.05. The summed E-state index contributed by atoms with van der Waals surface area (Å²) in [5.74, 6) is 0.573. The van der Waals surface area contributed by atoms with Gasteiger partial charge in [0.2, 0.25) is 0 Å². The van der Waals surface area contributed by atoms with Crippen LogP contribution in [0.4, 0.5) is 0 Å². The Bertz CT molecular complexity index is 363. The van der Waals surface area contributed by atoms with Crippen LogP contribution in [-0.2, 0) is 19.4 Å². The highest BCUT2D eigenvalue weighted by Crippen LogP contribution is 2.27. The second-order valence-corrected chi connectivity index (χ2v) is 6.04. The first-order valence-electron chi connectivity index (χ1n) is 6.43. The van der Waals surface area contributed by atoms with Crippen molar-refractivity contribution in [3.05, 3.63) is 16.4 Å². The maximum absolute atomic E-state index is 6.40. The van der Waals surface area contributed by atoms with Crippen LogP contribution in [0.1, 0.15) is 45.5 Å². The van der Waals surface area contributed by atoms with E-state index in [1.165, 1.54) is 5.69 Å². The summed E-state index contributed by atoms with van der Waals surface area (Å²) in [6.07, 6.45) is 3.03.